The van der Waals surface area contributed by atoms with E-state index < -0.39 is 50.8 Å². The van der Waals surface area contributed by atoms with Crippen LogP contribution in [-0.4, -0.2) is 59.3 Å². The fourth-order valence-corrected chi connectivity index (χ4v) is 8.74. The summed E-state index contributed by atoms with van der Waals surface area (Å²) < 4.78 is 0. The van der Waals surface area contributed by atoms with Gasteiger partial charge in [-0.3, -0.25) is 29.0 Å². The molecule has 4 amide bonds. The molecular formula is C29H27BrCl2N2O5. The fourth-order valence-electron chi connectivity index (χ4n) is 7.32. The van der Waals surface area contributed by atoms with Crippen LogP contribution in [0.3, 0.4) is 0 Å². The van der Waals surface area contributed by atoms with Gasteiger partial charge in [-0.25, -0.2) is 0 Å². The Morgan fingerprint density at radius 2 is 1.64 bits per heavy atom. The van der Waals surface area contributed by atoms with Gasteiger partial charge in [0.05, 0.1) is 17.3 Å². The summed E-state index contributed by atoms with van der Waals surface area (Å²) in [5.41, 5.74) is 0.558. The maximum absolute atomic E-state index is 13.9. The van der Waals surface area contributed by atoms with Crippen LogP contribution in [-0.2, 0) is 19.2 Å². The highest BCUT2D eigenvalue weighted by atomic mass is 79.9. The maximum Gasteiger partial charge on any atom is 0.254 e. The van der Waals surface area contributed by atoms with Crippen molar-refractivity contribution < 1.29 is 24.3 Å². The van der Waals surface area contributed by atoms with Crippen molar-refractivity contribution in [2.75, 3.05) is 5.45 Å². The van der Waals surface area contributed by atoms with Crippen molar-refractivity contribution in [3.8, 4) is 5.75 Å². The summed E-state index contributed by atoms with van der Waals surface area (Å²) in [5.74, 6) is -4.47. The third-order valence-electron chi connectivity index (χ3n) is 8.93. The van der Waals surface area contributed by atoms with Gasteiger partial charge in [0.15, 0.2) is 9.75 Å². The van der Waals surface area contributed by atoms with Crippen molar-refractivity contribution in [3.63, 3.8) is 0 Å². The van der Waals surface area contributed by atoms with Crippen LogP contribution in [0.1, 0.15) is 45.1 Å². The largest absolute Gasteiger partial charge is 0.507 e. The zero-order valence-electron chi connectivity index (χ0n) is 21.6. The van der Waals surface area contributed by atoms with E-state index in [4.69, 9.17) is 23.2 Å². The van der Waals surface area contributed by atoms with Crippen LogP contribution in [0.25, 0.3) is 10.8 Å². The first kappa shape index (κ1) is 26.8. The number of benzene rings is 2. The Hall–Kier alpha value is -2.42. The molecule has 0 bridgehead atoms. The van der Waals surface area contributed by atoms with Crippen LogP contribution >= 0.6 is 39.1 Å². The van der Waals surface area contributed by atoms with Crippen LogP contribution in [0.2, 0.25) is 0 Å². The van der Waals surface area contributed by atoms with Gasteiger partial charge in [0, 0.05) is 16.8 Å². The monoisotopic (exact) mass is 632 g/mol. The molecule has 0 radical (unpaired) electrons. The van der Waals surface area contributed by atoms with E-state index in [0.29, 0.717) is 22.8 Å². The molecule has 0 aromatic heterocycles. The maximum atomic E-state index is 13.9. The van der Waals surface area contributed by atoms with Crippen molar-refractivity contribution in [1.29, 1.82) is 0 Å². The molecule has 6 atom stereocenters. The number of alkyl halides is 3. The SMILES string of the molecule is CC(C)(C)N1C(=O)[C@H]2[C@H](CC=C3[C@H]2C[C@@]2(Cl)C(=O)N(CBr)C(=O)[C@@]2(Cl)[C@H]3c2ccc(O)c3ccccc23)C1=O. The molecule has 204 valence electrons. The van der Waals surface area contributed by atoms with Crippen molar-refractivity contribution in [2.24, 2.45) is 17.8 Å². The number of carbonyl (C=O) groups is 4. The molecule has 3 fully saturated rings. The molecule has 2 aromatic carbocycles. The van der Waals surface area contributed by atoms with Crippen molar-refractivity contribution in [1.82, 2.24) is 9.80 Å². The summed E-state index contributed by atoms with van der Waals surface area (Å²) in [7, 11) is 0. The van der Waals surface area contributed by atoms with E-state index in [-0.39, 0.29) is 29.4 Å². The lowest BCUT2D eigenvalue weighted by atomic mass is 9.56. The van der Waals surface area contributed by atoms with Gasteiger partial charge in [-0.1, -0.05) is 57.9 Å². The van der Waals surface area contributed by atoms with Gasteiger partial charge in [-0.2, -0.15) is 0 Å². The number of nitrogens with zero attached hydrogens (tertiary/aromatic N) is 2. The van der Waals surface area contributed by atoms with Crippen molar-refractivity contribution in [3.05, 3.63) is 53.6 Å². The van der Waals surface area contributed by atoms with Crippen LogP contribution in [0.4, 0.5) is 0 Å². The summed E-state index contributed by atoms with van der Waals surface area (Å²) in [5, 5.41) is 11.8. The van der Waals surface area contributed by atoms with Crippen LogP contribution in [0.5, 0.6) is 5.75 Å². The number of likely N-dealkylation sites (tertiary alicyclic amines) is 2. The highest BCUT2D eigenvalue weighted by Crippen LogP contribution is 2.66. The third-order valence-corrected chi connectivity index (χ3v) is 10.8. The Kier molecular flexibility index (Phi) is 5.87. The minimum atomic E-state index is -1.89. The second kappa shape index (κ2) is 8.54. The molecule has 10 heteroatoms. The first-order valence-corrected chi connectivity index (χ1v) is 14.8. The summed E-state index contributed by atoms with van der Waals surface area (Å²) in [6, 6.07) is 10.4. The van der Waals surface area contributed by atoms with Gasteiger partial charge in [0.25, 0.3) is 11.8 Å². The third kappa shape index (κ3) is 3.28. The number of aromatic hydroxyl groups is 1. The summed E-state index contributed by atoms with van der Waals surface area (Å²) in [4.78, 5) is 53.7. The van der Waals surface area contributed by atoms with E-state index in [9.17, 15) is 24.3 Å². The number of phenolic OH excluding ortho intramolecular Hbond substituents is 1. The number of imide groups is 2. The zero-order valence-corrected chi connectivity index (χ0v) is 24.7. The molecule has 2 aliphatic carbocycles. The Bertz CT molecular complexity index is 1520. The lowest BCUT2D eigenvalue weighted by molar-refractivity contribution is -0.146. The Morgan fingerprint density at radius 1 is 0.974 bits per heavy atom. The summed E-state index contributed by atoms with van der Waals surface area (Å²) >= 11 is 17.8. The van der Waals surface area contributed by atoms with E-state index >= 15 is 0 Å². The number of halogens is 3. The van der Waals surface area contributed by atoms with E-state index in [1.54, 1.807) is 24.3 Å². The first-order valence-electron chi connectivity index (χ1n) is 12.9. The number of hydrogen-bond donors (Lipinski definition) is 1. The predicted molar refractivity (Wildman–Crippen MR) is 151 cm³/mol. The van der Waals surface area contributed by atoms with E-state index in [2.05, 4.69) is 15.9 Å². The van der Waals surface area contributed by atoms with E-state index in [0.717, 1.165) is 10.5 Å². The molecular weight excluding hydrogens is 607 g/mol. The second-order valence-corrected chi connectivity index (χ2v) is 13.6. The topological polar surface area (TPSA) is 95.0 Å². The molecule has 2 saturated heterocycles. The normalized spacial score (nSPS) is 34.4. The first-order chi connectivity index (χ1) is 18.3. The van der Waals surface area contributed by atoms with Gasteiger partial charge >= 0.3 is 0 Å². The quantitative estimate of drug-likeness (QED) is 0.216. The zero-order chi connectivity index (χ0) is 28.2. The molecule has 7 nitrogen and oxygen atoms in total. The number of amides is 4. The standard InChI is InChI=1S/C29H27BrCl2N2O5/c1-27(2,3)34-23(36)18-9-8-17-19(21(18)24(34)37)12-28(31)25(38)33(13-30)26(39)29(28,32)22(17)16-10-11-20(35)15-7-5-4-6-14(15)16/h4-8,10-11,18-19,21-22,35H,9,12-13H2,1-3H3/t18-,19+,21-,22-,28+,29-/m0/s1. The number of hydrogen-bond acceptors (Lipinski definition) is 5. The van der Waals surface area contributed by atoms with Gasteiger partial charge in [-0.05, 0) is 56.5 Å². The fraction of sp³-hybridized carbons (Fsp3) is 0.448. The summed E-state index contributed by atoms with van der Waals surface area (Å²) in [6.07, 6.45) is 2.18. The minimum Gasteiger partial charge on any atom is -0.507 e. The molecule has 1 N–H and O–H groups in total. The smallest absolute Gasteiger partial charge is 0.254 e. The lowest BCUT2D eigenvalue weighted by Crippen LogP contribution is -2.60. The number of fused-ring (bicyclic) bond motifs is 5. The van der Waals surface area contributed by atoms with Gasteiger partial charge in [0.1, 0.15) is 5.75 Å². The number of allylic oxidation sites excluding steroid dienone is 2. The molecule has 0 unspecified atom stereocenters. The number of rotatable bonds is 2. The molecule has 4 aliphatic rings. The molecule has 39 heavy (non-hydrogen) atoms. The van der Waals surface area contributed by atoms with E-state index in [1.807, 2.05) is 39.0 Å². The van der Waals surface area contributed by atoms with Crippen molar-refractivity contribution in [2.45, 2.75) is 54.8 Å². The van der Waals surface area contributed by atoms with Crippen LogP contribution in [0, 0.1) is 17.8 Å². The highest BCUT2D eigenvalue weighted by molar-refractivity contribution is 9.09. The minimum absolute atomic E-state index is 0.0529. The lowest BCUT2D eigenvalue weighted by Gasteiger charge is -2.51. The van der Waals surface area contributed by atoms with Gasteiger partial charge in [-0.15, -0.1) is 23.2 Å². The molecule has 2 aromatic rings. The van der Waals surface area contributed by atoms with Crippen LogP contribution < -0.4 is 0 Å². The molecule has 2 aliphatic heterocycles. The van der Waals surface area contributed by atoms with Crippen LogP contribution in [0.15, 0.2) is 48.0 Å². The van der Waals surface area contributed by atoms with Crippen molar-refractivity contribution >= 4 is 73.5 Å². The second-order valence-electron chi connectivity index (χ2n) is 11.9. The predicted octanol–water partition coefficient (Wildman–Crippen LogP) is 5.06. The Morgan fingerprint density at radius 3 is 2.28 bits per heavy atom. The average molecular weight is 634 g/mol. The summed E-state index contributed by atoms with van der Waals surface area (Å²) in [6.45, 7) is 5.46. The van der Waals surface area contributed by atoms with Gasteiger partial charge in [0.2, 0.25) is 11.8 Å². The molecule has 1 saturated carbocycles. The molecule has 6 rings (SSSR count). The van der Waals surface area contributed by atoms with Gasteiger partial charge < -0.3 is 5.11 Å². The number of phenols is 1. The number of carbonyl (C=O) groups excluding carboxylic acids is 4. The van der Waals surface area contributed by atoms with E-state index in [1.165, 1.54) is 4.90 Å². The molecule has 0 spiro atoms. The Balaban J connectivity index is 1.62. The Labute approximate surface area is 244 Å². The highest BCUT2D eigenvalue weighted by Gasteiger charge is 2.76. The average Bonchev–Trinajstić information content (AvgIpc) is 3.23. The molecule has 2 heterocycles.